The number of methoxy groups -OCH3 is 1. The van der Waals surface area contributed by atoms with Crippen molar-refractivity contribution < 1.29 is 9.53 Å². The lowest BCUT2D eigenvalue weighted by Crippen LogP contribution is -2.47. The highest BCUT2D eigenvalue weighted by molar-refractivity contribution is 5.82. The van der Waals surface area contributed by atoms with Gasteiger partial charge in [-0.3, -0.25) is 4.79 Å². The molecule has 1 aliphatic rings. The van der Waals surface area contributed by atoms with Gasteiger partial charge in [0.2, 0.25) is 5.91 Å². The molecule has 1 fully saturated rings. The molecule has 0 aromatic heterocycles. The van der Waals surface area contributed by atoms with Crippen LogP contribution in [0.15, 0.2) is 24.3 Å². The van der Waals surface area contributed by atoms with Gasteiger partial charge in [-0.15, -0.1) is 0 Å². The van der Waals surface area contributed by atoms with Crippen LogP contribution in [0.3, 0.4) is 0 Å². The lowest BCUT2D eigenvalue weighted by Gasteiger charge is -2.30. The lowest BCUT2D eigenvalue weighted by atomic mass is 10.0. The number of carbonyl (C=O) groups excluding carboxylic acids is 1. The van der Waals surface area contributed by atoms with E-state index in [1.807, 2.05) is 29.2 Å². The van der Waals surface area contributed by atoms with E-state index in [1.54, 1.807) is 7.11 Å². The highest BCUT2D eigenvalue weighted by Gasteiger charge is 2.25. The molecule has 0 radical (unpaired) electrons. The summed E-state index contributed by atoms with van der Waals surface area (Å²) in [6, 6.07) is 7.42. The summed E-state index contributed by atoms with van der Waals surface area (Å²) in [6.45, 7) is 1.36. The summed E-state index contributed by atoms with van der Waals surface area (Å²) in [5.41, 5.74) is 6.80. The molecule has 1 aromatic carbocycles. The number of hydrogen-bond donors (Lipinski definition) is 1. The predicted molar refractivity (Wildman–Crippen MR) is 65.6 cm³/mol. The topological polar surface area (TPSA) is 55.6 Å². The van der Waals surface area contributed by atoms with Crippen LogP contribution in [0.1, 0.15) is 18.4 Å². The zero-order valence-electron chi connectivity index (χ0n) is 10.1. The number of para-hydroxylation sites is 1. The van der Waals surface area contributed by atoms with Crippen molar-refractivity contribution in [2.45, 2.75) is 25.4 Å². The summed E-state index contributed by atoms with van der Waals surface area (Å²) in [4.78, 5) is 13.7. The predicted octanol–water partition coefficient (Wildman–Crippen LogP) is 1.14. The van der Waals surface area contributed by atoms with Crippen LogP contribution >= 0.6 is 0 Å². The molecule has 1 heterocycles. The van der Waals surface area contributed by atoms with E-state index in [1.165, 1.54) is 0 Å². The van der Waals surface area contributed by atoms with Crippen molar-refractivity contribution in [1.82, 2.24) is 4.90 Å². The van der Waals surface area contributed by atoms with E-state index >= 15 is 0 Å². The molecule has 1 atom stereocenters. The molecule has 1 saturated heterocycles. The Morgan fingerprint density at radius 1 is 1.47 bits per heavy atom. The van der Waals surface area contributed by atoms with Gasteiger partial charge in [0, 0.05) is 18.7 Å². The van der Waals surface area contributed by atoms with Crippen LogP contribution in [-0.2, 0) is 11.3 Å². The molecule has 4 heteroatoms. The Kier molecular flexibility index (Phi) is 3.64. The first-order valence-electron chi connectivity index (χ1n) is 5.88. The average molecular weight is 234 g/mol. The van der Waals surface area contributed by atoms with Crippen LogP contribution in [0.5, 0.6) is 5.75 Å². The molecule has 4 nitrogen and oxygen atoms in total. The molecule has 0 bridgehead atoms. The summed E-state index contributed by atoms with van der Waals surface area (Å²) in [5.74, 6) is 0.863. The van der Waals surface area contributed by atoms with Crippen LogP contribution in [0.25, 0.3) is 0 Å². The molecule has 0 saturated carbocycles. The fourth-order valence-corrected chi connectivity index (χ4v) is 2.17. The molecular formula is C13H18N2O2. The Morgan fingerprint density at radius 2 is 2.24 bits per heavy atom. The number of hydrogen-bond acceptors (Lipinski definition) is 3. The van der Waals surface area contributed by atoms with E-state index in [0.717, 1.165) is 30.7 Å². The highest BCUT2D eigenvalue weighted by atomic mass is 16.5. The van der Waals surface area contributed by atoms with Gasteiger partial charge >= 0.3 is 0 Å². The normalized spacial score (nSPS) is 20.5. The van der Waals surface area contributed by atoms with E-state index in [2.05, 4.69) is 0 Å². The number of likely N-dealkylation sites (tertiary alicyclic amines) is 1. The van der Waals surface area contributed by atoms with Crippen molar-refractivity contribution in [3.05, 3.63) is 29.8 Å². The van der Waals surface area contributed by atoms with E-state index in [-0.39, 0.29) is 11.9 Å². The number of rotatable bonds is 3. The Balaban J connectivity index is 2.12. The number of nitrogens with zero attached hydrogens (tertiary/aromatic N) is 1. The fraction of sp³-hybridized carbons (Fsp3) is 0.462. The first kappa shape index (κ1) is 11.9. The van der Waals surface area contributed by atoms with Gasteiger partial charge in [0.15, 0.2) is 0 Å². The van der Waals surface area contributed by atoms with Crippen molar-refractivity contribution in [3.63, 3.8) is 0 Å². The van der Waals surface area contributed by atoms with Crippen molar-refractivity contribution in [2.75, 3.05) is 13.7 Å². The van der Waals surface area contributed by atoms with Crippen molar-refractivity contribution in [2.24, 2.45) is 5.73 Å². The monoisotopic (exact) mass is 234 g/mol. The Hall–Kier alpha value is -1.55. The molecule has 2 rings (SSSR count). The third-order valence-electron chi connectivity index (χ3n) is 3.13. The maximum absolute atomic E-state index is 11.9. The number of carbonyl (C=O) groups is 1. The van der Waals surface area contributed by atoms with Gasteiger partial charge in [0.1, 0.15) is 5.75 Å². The second-order valence-electron chi connectivity index (χ2n) is 4.32. The number of nitrogens with two attached hydrogens (primary N) is 1. The third kappa shape index (κ3) is 2.58. The smallest absolute Gasteiger partial charge is 0.239 e. The molecule has 17 heavy (non-hydrogen) atoms. The zero-order valence-corrected chi connectivity index (χ0v) is 10.1. The number of piperidine rings is 1. The van der Waals surface area contributed by atoms with Gasteiger partial charge in [0.25, 0.3) is 0 Å². The van der Waals surface area contributed by atoms with Crippen LogP contribution in [0.2, 0.25) is 0 Å². The van der Waals surface area contributed by atoms with Crippen LogP contribution in [0, 0.1) is 0 Å². The average Bonchev–Trinajstić information content (AvgIpc) is 2.35. The third-order valence-corrected chi connectivity index (χ3v) is 3.13. The van der Waals surface area contributed by atoms with Crippen LogP contribution in [0.4, 0.5) is 0 Å². The molecule has 0 aliphatic carbocycles. The Morgan fingerprint density at radius 3 is 3.00 bits per heavy atom. The largest absolute Gasteiger partial charge is 0.496 e. The van der Waals surface area contributed by atoms with Crippen LogP contribution < -0.4 is 10.5 Å². The van der Waals surface area contributed by atoms with Gasteiger partial charge in [-0.2, -0.15) is 0 Å². The van der Waals surface area contributed by atoms with E-state index in [4.69, 9.17) is 10.5 Å². The molecule has 1 aromatic rings. The quantitative estimate of drug-likeness (QED) is 0.853. The lowest BCUT2D eigenvalue weighted by molar-refractivity contribution is -0.135. The van der Waals surface area contributed by atoms with Gasteiger partial charge in [-0.05, 0) is 18.9 Å². The van der Waals surface area contributed by atoms with Crippen molar-refractivity contribution >= 4 is 5.91 Å². The van der Waals surface area contributed by atoms with Crippen LogP contribution in [-0.4, -0.2) is 30.5 Å². The SMILES string of the molecule is COc1ccccc1CN1CCCC(N)C1=O. The van der Waals surface area contributed by atoms with Crippen molar-refractivity contribution in [3.8, 4) is 5.75 Å². The minimum atomic E-state index is -0.335. The minimum Gasteiger partial charge on any atom is -0.496 e. The maximum atomic E-state index is 11.9. The second kappa shape index (κ2) is 5.19. The molecule has 1 amide bonds. The highest BCUT2D eigenvalue weighted by Crippen LogP contribution is 2.21. The summed E-state index contributed by atoms with van der Waals surface area (Å²) in [5, 5.41) is 0. The standard InChI is InChI=1S/C13H18N2O2/c1-17-12-7-3-2-5-10(12)9-15-8-4-6-11(14)13(15)16/h2-3,5,7,11H,4,6,8-9,14H2,1H3. The van der Waals surface area contributed by atoms with Gasteiger partial charge < -0.3 is 15.4 Å². The number of benzene rings is 1. The fourth-order valence-electron chi connectivity index (χ4n) is 2.17. The van der Waals surface area contributed by atoms with Gasteiger partial charge in [-0.1, -0.05) is 18.2 Å². The molecule has 2 N–H and O–H groups in total. The maximum Gasteiger partial charge on any atom is 0.239 e. The first-order chi connectivity index (χ1) is 8.22. The van der Waals surface area contributed by atoms with Crippen molar-refractivity contribution in [1.29, 1.82) is 0 Å². The molecule has 92 valence electrons. The Labute approximate surface area is 101 Å². The van der Waals surface area contributed by atoms with Gasteiger partial charge in [0.05, 0.1) is 13.2 Å². The summed E-state index contributed by atoms with van der Waals surface area (Å²) >= 11 is 0. The number of amides is 1. The summed E-state index contributed by atoms with van der Waals surface area (Å²) in [7, 11) is 1.64. The molecule has 1 aliphatic heterocycles. The second-order valence-corrected chi connectivity index (χ2v) is 4.32. The minimum absolute atomic E-state index is 0.0437. The number of ether oxygens (including phenoxy) is 1. The zero-order chi connectivity index (χ0) is 12.3. The summed E-state index contributed by atoms with van der Waals surface area (Å²) < 4.78 is 5.28. The van der Waals surface area contributed by atoms with E-state index in [9.17, 15) is 4.79 Å². The van der Waals surface area contributed by atoms with E-state index in [0.29, 0.717) is 6.54 Å². The molecule has 1 unspecified atom stereocenters. The first-order valence-corrected chi connectivity index (χ1v) is 5.88. The summed E-state index contributed by atoms with van der Waals surface area (Å²) in [6.07, 6.45) is 1.77. The van der Waals surface area contributed by atoms with Gasteiger partial charge in [-0.25, -0.2) is 0 Å². The van der Waals surface area contributed by atoms with E-state index < -0.39 is 0 Å². The Bertz CT molecular complexity index is 406. The molecular weight excluding hydrogens is 216 g/mol. The molecule has 0 spiro atoms.